The van der Waals surface area contributed by atoms with Crippen LogP contribution in [0.25, 0.3) is 10.9 Å². The Balaban J connectivity index is 1.40. The number of methoxy groups -OCH3 is 1. The van der Waals surface area contributed by atoms with E-state index in [1.54, 1.807) is 25.6 Å². The van der Waals surface area contributed by atoms with Crippen LogP contribution in [0.15, 0.2) is 73.1 Å². The number of nitrogens with zero attached hydrogens (tertiary/aromatic N) is 2. The fraction of sp³-hybridized carbons (Fsp3) is 0.222. The number of amides is 1. The molecule has 1 aliphatic rings. The summed E-state index contributed by atoms with van der Waals surface area (Å²) in [5.74, 6) is 1.25. The van der Waals surface area contributed by atoms with Gasteiger partial charge < -0.3 is 14.8 Å². The molecular weight excluding hydrogens is 414 g/mol. The van der Waals surface area contributed by atoms with Crippen LogP contribution in [0.5, 0.6) is 11.5 Å². The van der Waals surface area contributed by atoms with Gasteiger partial charge in [-0.3, -0.25) is 14.8 Å². The predicted octanol–water partition coefficient (Wildman–Crippen LogP) is 4.94. The van der Waals surface area contributed by atoms with Crippen LogP contribution in [0.3, 0.4) is 0 Å². The highest BCUT2D eigenvalue weighted by molar-refractivity contribution is 5.97. The molecule has 1 fully saturated rings. The smallest absolute Gasteiger partial charge is 0.252 e. The van der Waals surface area contributed by atoms with Crippen molar-refractivity contribution in [2.75, 3.05) is 7.11 Å². The highest BCUT2D eigenvalue weighted by Crippen LogP contribution is 2.49. The van der Waals surface area contributed by atoms with E-state index < -0.39 is 5.54 Å². The van der Waals surface area contributed by atoms with Gasteiger partial charge in [-0.15, -0.1) is 0 Å². The van der Waals surface area contributed by atoms with E-state index in [1.807, 2.05) is 61.5 Å². The van der Waals surface area contributed by atoms with Gasteiger partial charge in [-0.1, -0.05) is 18.2 Å². The first-order chi connectivity index (χ1) is 16.1. The SMILES string of the molecule is COc1cc(C2(NC(=O)c3cc(OCc4ccccn4)ccc3C)CC2)c2cccnc2c1. The lowest BCUT2D eigenvalue weighted by Crippen LogP contribution is -2.35. The minimum absolute atomic E-state index is 0.117. The van der Waals surface area contributed by atoms with E-state index in [0.717, 1.165) is 46.3 Å². The number of nitrogens with one attached hydrogen (secondary N) is 1. The van der Waals surface area contributed by atoms with E-state index in [4.69, 9.17) is 9.47 Å². The first kappa shape index (κ1) is 20.9. The number of rotatable bonds is 7. The fourth-order valence-electron chi connectivity index (χ4n) is 4.12. The molecule has 6 heteroatoms. The van der Waals surface area contributed by atoms with Gasteiger partial charge in [-0.25, -0.2) is 0 Å². The maximum Gasteiger partial charge on any atom is 0.252 e. The summed E-state index contributed by atoms with van der Waals surface area (Å²) >= 11 is 0. The quantitative estimate of drug-likeness (QED) is 0.441. The zero-order valence-corrected chi connectivity index (χ0v) is 18.7. The van der Waals surface area contributed by atoms with Crippen molar-refractivity contribution >= 4 is 16.8 Å². The summed E-state index contributed by atoms with van der Waals surface area (Å²) in [4.78, 5) is 22.2. The van der Waals surface area contributed by atoms with Gasteiger partial charge in [0.05, 0.1) is 23.9 Å². The number of pyridine rings is 2. The Morgan fingerprint density at radius 3 is 2.61 bits per heavy atom. The second-order valence-electron chi connectivity index (χ2n) is 8.37. The summed E-state index contributed by atoms with van der Waals surface area (Å²) in [5.41, 5.74) is 3.80. The third-order valence-corrected chi connectivity index (χ3v) is 6.11. The summed E-state index contributed by atoms with van der Waals surface area (Å²) in [5, 5.41) is 4.32. The highest BCUT2D eigenvalue weighted by Gasteiger charge is 2.47. The van der Waals surface area contributed by atoms with Gasteiger partial charge in [-0.05, 0) is 67.3 Å². The van der Waals surface area contributed by atoms with Crippen LogP contribution in [0, 0.1) is 6.92 Å². The molecule has 1 saturated carbocycles. The lowest BCUT2D eigenvalue weighted by molar-refractivity contribution is 0.0930. The van der Waals surface area contributed by atoms with Gasteiger partial charge in [-0.2, -0.15) is 0 Å². The van der Waals surface area contributed by atoms with Gasteiger partial charge in [0.25, 0.3) is 5.91 Å². The Morgan fingerprint density at radius 2 is 1.85 bits per heavy atom. The van der Waals surface area contributed by atoms with Gasteiger partial charge >= 0.3 is 0 Å². The Labute approximate surface area is 192 Å². The predicted molar refractivity (Wildman–Crippen MR) is 126 cm³/mol. The Bertz CT molecular complexity index is 1320. The highest BCUT2D eigenvalue weighted by atomic mass is 16.5. The first-order valence-corrected chi connectivity index (χ1v) is 11.0. The van der Waals surface area contributed by atoms with Crippen LogP contribution in [0.2, 0.25) is 0 Å². The largest absolute Gasteiger partial charge is 0.497 e. The number of benzene rings is 2. The number of fused-ring (bicyclic) bond motifs is 1. The van der Waals surface area contributed by atoms with Crippen LogP contribution in [0.1, 0.15) is 40.0 Å². The average Bonchev–Trinajstić information content (AvgIpc) is 3.63. The Morgan fingerprint density at radius 1 is 1.00 bits per heavy atom. The van der Waals surface area contributed by atoms with Gasteiger partial charge in [0, 0.05) is 29.4 Å². The van der Waals surface area contributed by atoms with Gasteiger partial charge in [0.2, 0.25) is 0 Å². The van der Waals surface area contributed by atoms with Crippen molar-refractivity contribution in [3.8, 4) is 11.5 Å². The topological polar surface area (TPSA) is 73.3 Å². The molecule has 1 aliphatic carbocycles. The standard InChI is InChI=1S/C27H25N3O3/c1-18-8-9-20(33-17-19-6-3-4-12-28-19)14-23(18)26(31)30-27(10-11-27)24-15-21(32-2)16-25-22(24)7-5-13-29-25/h3-9,12-16H,10-11,17H2,1-2H3,(H,30,31). The van der Waals surface area contributed by atoms with Crippen LogP contribution >= 0.6 is 0 Å². The number of hydrogen-bond donors (Lipinski definition) is 1. The third kappa shape index (κ3) is 4.24. The molecule has 0 saturated heterocycles. The second-order valence-corrected chi connectivity index (χ2v) is 8.37. The molecule has 33 heavy (non-hydrogen) atoms. The molecule has 6 nitrogen and oxygen atoms in total. The molecule has 1 amide bonds. The molecule has 0 bridgehead atoms. The van der Waals surface area contributed by atoms with Gasteiger partial charge in [0.1, 0.15) is 18.1 Å². The van der Waals surface area contributed by atoms with E-state index in [1.165, 1.54) is 0 Å². The zero-order chi connectivity index (χ0) is 22.8. The molecule has 1 N–H and O–H groups in total. The minimum Gasteiger partial charge on any atom is -0.497 e. The maximum absolute atomic E-state index is 13.4. The normalized spacial score (nSPS) is 14.0. The molecular formula is C27H25N3O3. The minimum atomic E-state index is -0.426. The summed E-state index contributed by atoms with van der Waals surface area (Å²) in [6.45, 7) is 2.28. The summed E-state index contributed by atoms with van der Waals surface area (Å²) in [6.07, 6.45) is 5.23. The molecule has 2 aromatic heterocycles. The molecule has 5 rings (SSSR count). The van der Waals surface area contributed by atoms with Crippen LogP contribution in [-0.4, -0.2) is 23.0 Å². The summed E-state index contributed by atoms with van der Waals surface area (Å²) in [7, 11) is 1.64. The van der Waals surface area contributed by atoms with Crippen LogP contribution in [-0.2, 0) is 12.1 Å². The van der Waals surface area contributed by atoms with Crippen molar-refractivity contribution in [2.45, 2.75) is 31.9 Å². The van der Waals surface area contributed by atoms with E-state index >= 15 is 0 Å². The molecule has 0 unspecified atom stereocenters. The molecule has 0 atom stereocenters. The number of hydrogen-bond acceptors (Lipinski definition) is 5. The van der Waals surface area contributed by atoms with Crippen molar-refractivity contribution in [1.29, 1.82) is 0 Å². The lowest BCUT2D eigenvalue weighted by atomic mass is 9.97. The molecule has 0 aliphatic heterocycles. The summed E-state index contributed by atoms with van der Waals surface area (Å²) < 4.78 is 11.4. The molecule has 166 valence electrons. The molecule has 0 radical (unpaired) electrons. The van der Waals surface area contributed by atoms with E-state index in [9.17, 15) is 4.79 Å². The molecule has 4 aromatic rings. The van der Waals surface area contributed by atoms with Crippen LogP contribution < -0.4 is 14.8 Å². The second kappa shape index (κ2) is 8.54. The first-order valence-electron chi connectivity index (χ1n) is 11.0. The lowest BCUT2D eigenvalue weighted by Gasteiger charge is -2.21. The number of ether oxygens (including phenoxy) is 2. The van der Waals surface area contributed by atoms with E-state index in [-0.39, 0.29) is 5.91 Å². The molecule has 0 spiro atoms. The monoisotopic (exact) mass is 439 g/mol. The third-order valence-electron chi connectivity index (χ3n) is 6.11. The zero-order valence-electron chi connectivity index (χ0n) is 18.7. The van der Waals surface area contributed by atoms with Crippen molar-refractivity contribution in [3.63, 3.8) is 0 Å². The Hall–Kier alpha value is -3.93. The number of carbonyl (C=O) groups is 1. The number of aryl methyl sites for hydroxylation is 1. The number of carbonyl (C=O) groups excluding carboxylic acids is 1. The van der Waals surface area contributed by atoms with Gasteiger partial charge in [0.15, 0.2) is 0 Å². The molecule has 2 heterocycles. The molecule has 2 aromatic carbocycles. The van der Waals surface area contributed by atoms with Crippen LogP contribution in [0.4, 0.5) is 0 Å². The van der Waals surface area contributed by atoms with Crippen molar-refractivity contribution in [2.24, 2.45) is 0 Å². The van der Waals surface area contributed by atoms with Crippen molar-refractivity contribution < 1.29 is 14.3 Å². The van der Waals surface area contributed by atoms with Crippen molar-refractivity contribution in [3.05, 3.63) is 95.4 Å². The average molecular weight is 440 g/mol. The maximum atomic E-state index is 13.4. The Kier molecular flexibility index (Phi) is 5.42. The van der Waals surface area contributed by atoms with Crippen molar-refractivity contribution in [1.82, 2.24) is 15.3 Å². The van der Waals surface area contributed by atoms with E-state index in [2.05, 4.69) is 15.3 Å². The van der Waals surface area contributed by atoms with E-state index in [0.29, 0.717) is 17.9 Å². The summed E-state index contributed by atoms with van der Waals surface area (Å²) in [6, 6.07) is 19.2. The number of aromatic nitrogens is 2. The fourth-order valence-corrected chi connectivity index (χ4v) is 4.12.